The summed E-state index contributed by atoms with van der Waals surface area (Å²) in [6.45, 7) is 4.20. The van der Waals surface area contributed by atoms with Gasteiger partial charge in [0, 0.05) is 36.8 Å². The minimum Gasteiger partial charge on any atom is -0.391 e. The zero-order valence-corrected chi connectivity index (χ0v) is 49.9. The van der Waals surface area contributed by atoms with Gasteiger partial charge in [0.2, 0.25) is 59.1 Å². The van der Waals surface area contributed by atoms with Gasteiger partial charge in [-0.2, -0.15) is 0 Å². The van der Waals surface area contributed by atoms with E-state index in [0.29, 0.717) is 11.3 Å². The topological polar surface area (TPSA) is 504 Å². The molecule has 0 bridgehead atoms. The van der Waals surface area contributed by atoms with Gasteiger partial charge in [-0.15, -0.1) is 0 Å². The third-order valence-electron chi connectivity index (χ3n) is 14.0. The molecule has 0 unspecified atom stereocenters. The summed E-state index contributed by atoms with van der Waals surface area (Å²) in [7, 11) is 0. The summed E-state index contributed by atoms with van der Waals surface area (Å²) in [6, 6.07) is 5.19. The monoisotopic (exact) mass is 1230 g/mol. The number of aliphatic hydroxyl groups is 2. The lowest BCUT2D eigenvalue weighted by Crippen LogP contribution is -2.63. The van der Waals surface area contributed by atoms with E-state index in [1.54, 1.807) is 68.4 Å². The van der Waals surface area contributed by atoms with E-state index < -0.39 is 157 Å². The third-order valence-corrected chi connectivity index (χ3v) is 14.0. The van der Waals surface area contributed by atoms with Crippen LogP contribution in [0.1, 0.15) is 82.1 Å². The quantitative estimate of drug-likeness (QED) is 0.0397. The smallest absolute Gasteiger partial charge is 0.252 e. The van der Waals surface area contributed by atoms with E-state index in [9.17, 15) is 63.0 Å². The molecule has 1 fully saturated rings. The first kappa shape index (κ1) is 72.0. The highest BCUT2D eigenvalue weighted by Gasteiger charge is 2.37. The Bertz CT molecular complexity index is 2830. The predicted molar refractivity (Wildman–Crippen MR) is 323 cm³/mol. The van der Waals surface area contributed by atoms with Crippen molar-refractivity contribution < 1.29 is 63.0 Å². The molecule has 23 N–H and O–H groups in total. The molecule has 30 nitrogen and oxygen atoms in total. The van der Waals surface area contributed by atoms with Crippen molar-refractivity contribution in [3.8, 4) is 11.3 Å². The summed E-state index contributed by atoms with van der Waals surface area (Å²) in [5.41, 5.74) is 31.4. The van der Waals surface area contributed by atoms with Gasteiger partial charge in [0.1, 0.15) is 60.4 Å². The molecule has 2 heterocycles. The number of benzene rings is 2. The molecule has 30 heteroatoms. The maximum atomic E-state index is 14.5. The highest BCUT2D eigenvalue weighted by molar-refractivity contribution is 6.01. The lowest BCUT2D eigenvalue weighted by atomic mass is 10.00. The molecule has 1 aromatic heterocycles. The predicted octanol–water partition coefficient (Wildman–Crippen LogP) is -5.87. The molecule has 1 saturated heterocycles. The average molecular weight is 1230 g/mol. The van der Waals surface area contributed by atoms with Crippen LogP contribution in [0.2, 0.25) is 0 Å². The molecule has 12 atom stereocenters. The molecule has 3 aromatic rings. The van der Waals surface area contributed by atoms with Crippen LogP contribution in [0.25, 0.3) is 11.3 Å². The Hall–Kier alpha value is -8.52. The Morgan fingerprint density at radius 1 is 0.580 bits per heavy atom. The fraction of sp³-hybridized carbons (Fsp3) is 0.517. The molecule has 0 aliphatic carbocycles. The van der Waals surface area contributed by atoms with Crippen molar-refractivity contribution in [3.05, 3.63) is 90.1 Å². The van der Waals surface area contributed by atoms with Gasteiger partial charge in [-0.1, -0.05) is 74.5 Å². The van der Waals surface area contributed by atoms with Crippen LogP contribution in [-0.4, -0.2) is 192 Å². The number of aliphatic hydroxyl groups excluding tert-OH is 2. The van der Waals surface area contributed by atoms with Gasteiger partial charge in [-0.3, -0.25) is 57.7 Å². The molecule has 482 valence electrons. The number of nitrogens with one attached hydrogen (secondary N) is 11. The number of carbonyl (C=O) groups excluding carboxylic acids is 11. The van der Waals surface area contributed by atoms with Gasteiger partial charge in [-0.05, 0) is 102 Å². The Morgan fingerprint density at radius 2 is 1.10 bits per heavy atom. The van der Waals surface area contributed by atoms with E-state index in [2.05, 4.69) is 63.5 Å². The average Bonchev–Trinajstić information content (AvgIpc) is 2.35. The van der Waals surface area contributed by atoms with E-state index in [1.165, 1.54) is 32.2 Å². The molecule has 1 aliphatic rings. The molecule has 2 aromatic carbocycles. The molecule has 11 amide bonds. The highest BCUT2D eigenvalue weighted by atomic mass is 16.3. The summed E-state index contributed by atoms with van der Waals surface area (Å²) >= 11 is 0. The number of hydrogen-bond acceptors (Lipinski definition) is 19. The largest absolute Gasteiger partial charge is 0.391 e. The van der Waals surface area contributed by atoms with Crippen LogP contribution in [0.5, 0.6) is 0 Å². The first-order valence-corrected chi connectivity index (χ1v) is 29.2. The van der Waals surface area contributed by atoms with Crippen molar-refractivity contribution in [3.63, 3.8) is 0 Å². The van der Waals surface area contributed by atoms with E-state index in [4.69, 9.17) is 28.7 Å². The Labute approximate surface area is 510 Å². The van der Waals surface area contributed by atoms with Crippen LogP contribution in [-0.2, 0) is 54.4 Å². The van der Waals surface area contributed by atoms with Crippen molar-refractivity contribution in [2.24, 2.45) is 34.6 Å². The van der Waals surface area contributed by atoms with Crippen LogP contribution in [0.4, 0.5) is 0 Å². The minimum atomic E-state index is -1.78. The number of carbonyl (C=O) groups is 11. The van der Waals surface area contributed by atoms with Crippen LogP contribution in [0, 0.1) is 5.92 Å². The van der Waals surface area contributed by atoms with Gasteiger partial charge in [0.05, 0.1) is 17.9 Å². The molecular weight excluding hydrogens is 1140 g/mol. The number of rotatable bonds is 24. The normalized spacial score (nSPS) is 22.0. The summed E-state index contributed by atoms with van der Waals surface area (Å²) in [5.74, 6) is -10.6. The third kappa shape index (κ3) is 22.6. The first-order chi connectivity index (χ1) is 41.9. The van der Waals surface area contributed by atoms with Crippen molar-refractivity contribution in [2.75, 3.05) is 39.3 Å². The summed E-state index contributed by atoms with van der Waals surface area (Å²) in [6.07, 6.45) is -3.07. The van der Waals surface area contributed by atoms with Crippen molar-refractivity contribution >= 4 is 65.0 Å². The van der Waals surface area contributed by atoms with Gasteiger partial charge in [-0.25, -0.2) is 0 Å². The minimum absolute atomic E-state index is 0.0363. The van der Waals surface area contributed by atoms with E-state index in [-0.39, 0.29) is 76.2 Å². The second-order valence-electron chi connectivity index (χ2n) is 21.6. The number of hydrogen-bond donors (Lipinski definition) is 18. The maximum Gasteiger partial charge on any atom is 0.252 e. The van der Waals surface area contributed by atoms with Crippen LogP contribution in [0.3, 0.4) is 0 Å². The number of nitrogens with zero attached hydrogens (tertiary/aromatic N) is 1. The fourth-order valence-corrected chi connectivity index (χ4v) is 9.25. The van der Waals surface area contributed by atoms with Gasteiger partial charge in [0.25, 0.3) is 5.91 Å². The summed E-state index contributed by atoms with van der Waals surface area (Å²) in [4.78, 5) is 159. The second kappa shape index (κ2) is 36.6. The van der Waals surface area contributed by atoms with Crippen molar-refractivity contribution in [1.82, 2.24) is 63.5 Å². The molecule has 0 radical (unpaired) electrons. The zero-order valence-electron chi connectivity index (χ0n) is 49.9. The van der Waals surface area contributed by atoms with Crippen molar-refractivity contribution in [1.29, 1.82) is 0 Å². The number of pyridine rings is 1. The van der Waals surface area contributed by atoms with Gasteiger partial charge < -0.3 is 97.4 Å². The highest BCUT2D eigenvalue weighted by Crippen LogP contribution is 2.18. The molecule has 0 spiro atoms. The number of aromatic nitrogens is 1. The standard InChI is InChI=1S/C58H87N17O13/c1-31(2)27-43-54(84)69-37(15-21-59)49(79)68-40(18-24-62)53(83)74-46(32(3)76)57(87)65-26-20-41(51(81)67-38(16-22-60)50(80)72-44(55(85)71-43)28-34-11-7-5-8-12-34)70-56(86)45(30-63)73-58(88)47(33(4)77)75-52(82)39(17-23-61)66-48(78)36-19-25-64-42(29-36)35-13-9-6-10-14-35/h5-14,19,25,29,31-33,37-41,43-47,76-77H,15-18,20-24,26-28,30,59-63H2,1-4H3,(H,65,87)(H,66,78)(H,67,81)(H,68,79)(H,69,84)(H,70,86)(H,71,85)(H,72,80)(H,73,88)(H,74,83)(H,75,82)/t32-,33-,37+,38+,39+,40+,41+,43+,44-,45+,46+,47+/m1/s1. The molecule has 88 heavy (non-hydrogen) atoms. The zero-order chi connectivity index (χ0) is 65.0. The van der Waals surface area contributed by atoms with Crippen molar-refractivity contribution in [2.45, 2.75) is 145 Å². The van der Waals surface area contributed by atoms with Crippen LogP contribution >= 0.6 is 0 Å². The van der Waals surface area contributed by atoms with E-state index >= 15 is 0 Å². The Morgan fingerprint density at radius 3 is 1.64 bits per heavy atom. The summed E-state index contributed by atoms with van der Waals surface area (Å²) in [5, 5.41) is 49.4. The SMILES string of the molecule is CC(C)C[C@@H]1NC(=O)[C@@H](Cc2ccccc2)NC(=O)[C@H](CCN)NC(=O)[C@@H](NC(=O)[C@H](CN)NC(=O)[C@@H](NC(=O)[C@H](CCN)NC(=O)c2ccnc(-c3ccccc3)c2)[C@@H](C)O)CCNC(=O)[C@H]([C@@H](C)O)NC(=O)[C@H](CCN)NC(=O)[C@H](CCN)NC1=O. The lowest BCUT2D eigenvalue weighted by molar-refractivity contribution is -0.136. The Kier molecular flexibility index (Phi) is 29.9. The van der Waals surface area contributed by atoms with Crippen LogP contribution < -0.4 is 87.2 Å². The molecule has 1 aliphatic heterocycles. The van der Waals surface area contributed by atoms with E-state index in [0.717, 1.165) is 5.56 Å². The van der Waals surface area contributed by atoms with Crippen LogP contribution in [0.15, 0.2) is 79.0 Å². The van der Waals surface area contributed by atoms with E-state index in [1.807, 2.05) is 6.07 Å². The Balaban J connectivity index is 1.68. The maximum absolute atomic E-state index is 14.5. The van der Waals surface area contributed by atoms with Gasteiger partial charge >= 0.3 is 0 Å². The molecular formula is C58H87N17O13. The summed E-state index contributed by atoms with van der Waals surface area (Å²) < 4.78 is 0. The number of nitrogens with two attached hydrogens (primary N) is 5. The lowest BCUT2D eigenvalue weighted by Gasteiger charge is -2.28. The molecule has 4 rings (SSSR count). The first-order valence-electron chi connectivity index (χ1n) is 29.2. The molecule has 0 saturated carbocycles. The van der Waals surface area contributed by atoms with Gasteiger partial charge in [0.15, 0.2) is 0 Å². The fourth-order valence-electron chi connectivity index (χ4n) is 9.25. The number of amides is 11. The second-order valence-corrected chi connectivity index (χ2v) is 21.6.